The number of hydrogen-bond donors (Lipinski definition) is 4. The molecule has 0 aliphatic heterocycles. The number of nitrogens with one attached hydrogen (secondary N) is 4. The Labute approximate surface area is 130 Å². The number of benzene rings is 1. The lowest BCUT2D eigenvalue weighted by Gasteiger charge is -2.11. The van der Waals surface area contributed by atoms with Crippen LogP contribution in [0.4, 0.5) is 5.69 Å². The summed E-state index contributed by atoms with van der Waals surface area (Å²) in [6, 6.07) is 11.2. The van der Waals surface area contributed by atoms with Crippen LogP contribution < -0.4 is 21.7 Å². The van der Waals surface area contributed by atoms with Gasteiger partial charge in [-0.15, -0.1) is 0 Å². The quantitative estimate of drug-likeness (QED) is 0.499. The lowest BCUT2D eigenvalue weighted by molar-refractivity contribution is 0.0939. The summed E-state index contributed by atoms with van der Waals surface area (Å²) >= 11 is 10.8. The molecule has 0 saturated carbocycles. The van der Waals surface area contributed by atoms with Gasteiger partial charge in [0.15, 0.2) is 5.11 Å². The van der Waals surface area contributed by atoms with Crippen LogP contribution in [0.5, 0.6) is 0 Å². The van der Waals surface area contributed by atoms with Crippen molar-refractivity contribution in [3.63, 3.8) is 0 Å². The van der Waals surface area contributed by atoms with Gasteiger partial charge in [-0.25, -0.2) is 0 Å². The van der Waals surface area contributed by atoms with Crippen molar-refractivity contribution in [1.29, 1.82) is 0 Å². The molecular weight excluding hydrogens is 312 g/mol. The van der Waals surface area contributed by atoms with E-state index in [4.69, 9.17) is 23.8 Å². The van der Waals surface area contributed by atoms with Gasteiger partial charge in [0.1, 0.15) is 5.69 Å². The first kappa shape index (κ1) is 15.0. The third-order valence-electron chi connectivity index (χ3n) is 2.40. The Morgan fingerprint density at radius 1 is 1.10 bits per heavy atom. The molecule has 1 aromatic heterocycles. The molecule has 0 aliphatic rings. The number of carbonyl (C=O) groups excluding carboxylic acids is 1. The highest BCUT2D eigenvalue weighted by molar-refractivity contribution is 7.80. The van der Waals surface area contributed by atoms with E-state index in [1.54, 1.807) is 24.3 Å². The molecule has 21 heavy (non-hydrogen) atoms. The summed E-state index contributed by atoms with van der Waals surface area (Å²) in [5.41, 5.74) is 5.39. The van der Waals surface area contributed by atoms with E-state index in [2.05, 4.69) is 21.2 Å². The summed E-state index contributed by atoms with van der Waals surface area (Å²) in [4.78, 5) is 25.2. The van der Waals surface area contributed by atoms with Gasteiger partial charge in [-0.1, -0.05) is 17.7 Å². The standard InChI is InChI=1S/C13H11ClN4O2S/c14-8-4-6-9(7-5-8)15-13(21)18-17-12(20)10-2-1-3-11(19)16-10/h1-7H,(H,16,19)(H,17,20)(H2,15,18,21). The first-order chi connectivity index (χ1) is 10.0. The molecule has 0 aliphatic carbocycles. The molecule has 8 heteroatoms. The summed E-state index contributed by atoms with van der Waals surface area (Å²) in [7, 11) is 0. The maximum absolute atomic E-state index is 11.7. The highest BCUT2D eigenvalue weighted by Gasteiger charge is 2.06. The van der Waals surface area contributed by atoms with Crippen LogP contribution in [0.15, 0.2) is 47.3 Å². The molecule has 1 amide bonds. The van der Waals surface area contributed by atoms with Crippen LogP contribution in [0.2, 0.25) is 5.02 Å². The molecule has 6 nitrogen and oxygen atoms in total. The average molecular weight is 323 g/mol. The molecule has 0 bridgehead atoms. The highest BCUT2D eigenvalue weighted by atomic mass is 35.5. The molecule has 0 spiro atoms. The second-order valence-electron chi connectivity index (χ2n) is 3.97. The van der Waals surface area contributed by atoms with E-state index in [1.165, 1.54) is 18.2 Å². The van der Waals surface area contributed by atoms with Gasteiger partial charge in [0.05, 0.1) is 0 Å². The first-order valence-corrected chi connectivity index (χ1v) is 6.65. The number of aromatic nitrogens is 1. The van der Waals surface area contributed by atoms with E-state index in [1.807, 2.05) is 0 Å². The van der Waals surface area contributed by atoms with E-state index in [0.29, 0.717) is 5.02 Å². The van der Waals surface area contributed by atoms with Gasteiger partial charge in [-0.2, -0.15) is 0 Å². The van der Waals surface area contributed by atoms with Crippen molar-refractivity contribution in [2.24, 2.45) is 0 Å². The Hall–Kier alpha value is -2.38. The molecule has 1 aromatic carbocycles. The van der Waals surface area contributed by atoms with Crippen molar-refractivity contribution in [2.75, 3.05) is 5.32 Å². The van der Waals surface area contributed by atoms with Gasteiger partial charge >= 0.3 is 0 Å². The zero-order chi connectivity index (χ0) is 15.2. The first-order valence-electron chi connectivity index (χ1n) is 5.87. The highest BCUT2D eigenvalue weighted by Crippen LogP contribution is 2.12. The van der Waals surface area contributed by atoms with Gasteiger partial charge in [0, 0.05) is 16.8 Å². The third kappa shape index (κ3) is 4.59. The van der Waals surface area contributed by atoms with Crippen molar-refractivity contribution in [3.8, 4) is 0 Å². The Balaban J connectivity index is 1.87. The smallest absolute Gasteiger partial charge is 0.286 e. The summed E-state index contributed by atoms with van der Waals surface area (Å²) < 4.78 is 0. The average Bonchev–Trinajstić information content (AvgIpc) is 2.47. The van der Waals surface area contributed by atoms with Crippen molar-refractivity contribution in [2.45, 2.75) is 0 Å². The number of H-pyrrole nitrogens is 1. The number of hydrogen-bond acceptors (Lipinski definition) is 3. The van der Waals surface area contributed by atoms with E-state index >= 15 is 0 Å². The molecule has 0 fully saturated rings. The second kappa shape index (κ2) is 6.87. The molecule has 4 N–H and O–H groups in total. The van der Waals surface area contributed by atoms with Gasteiger partial charge < -0.3 is 10.3 Å². The van der Waals surface area contributed by atoms with Crippen LogP contribution in [-0.4, -0.2) is 16.0 Å². The lowest BCUT2D eigenvalue weighted by Crippen LogP contribution is -2.44. The van der Waals surface area contributed by atoms with Gasteiger partial charge in [0.2, 0.25) is 5.56 Å². The minimum absolute atomic E-state index is 0.129. The predicted octanol–water partition coefficient (Wildman–Crippen LogP) is 1.66. The fourth-order valence-corrected chi connectivity index (χ4v) is 1.75. The Morgan fingerprint density at radius 3 is 2.48 bits per heavy atom. The monoisotopic (exact) mass is 322 g/mol. The number of carbonyl (C=O) groups is 1. The zero-order valence-electron chi connectivity index (χ0n) is 10.6. The molecule has 2 aromatic rings. The molecule has 108 valence electrons. The van der Waals surface area contributed by atoms with Gasteiger partial charge in [-0.3, -0.25) is 20.4 Å². The number of aromatic amines is 1. The van der Waals surface area contributed by atoms with Crippen molar-refractivity contribution < 1.29 is 4.79 Å². The Bertz CT molecular complexity index is 715. The van der Waals surface area contributed by atoms with Crippen LogP contribution in [0.1, 0.15) is 10.5 Å². The Kier molecular flexibility index (Phi) is 4.91. The normalized spacial score (nSPS) is 9.76. The number of thiocarbonyl (C=S) groups is 1. The molecular formula is C13H11ClN4O2S. The van der Waals surface area contributed by atoms with Crippen molar-refractivity contribution in [1.82, 2.24) is 15.8 Å². The second-order valence-corrected chi connectivity index (χ2v) is 4.81. The number of pyridine rings is 1. The largest absolute Gasteiger partial charge is 0.331 e. The SMILES string of the molecule is O=C(NNC(=S)Nc1ccc(Cl)cc1)c1cccc(=O)[nH]1. The Morgan fingerprint density at radius 2 is 1.81 bits per heavy atom. The van der Waals surface area contributed by atoms with E-state index in [-0.39, 0.29) is 16.4 Å². The lowest BCUT2D eigenvalue weighted by atomic mass is 10.3. The maximum atomic E-state index is 11.7. The number of amides is 1. The van der Waals surface area contributed by atoms with Gasteiger partial charge in [0.25, 0.3) is 5.91 Å². The zero-order valence-corrected chi connectivity index (χ0v) is 12.2. The summed E-state index contributed by atoms with van der Waals surface area (Å²) in [5.74, 6) is -0.507. The third-order valence-corrected chi connectivity index (χ3v) is 2.86. The molecule has 0 radical (unpaired) electrons. The summed E-state index contributed by atoms with van der Waals surface area (Å²) in [6.45, 7) is 0. The minimum Gasteiger partial charge on any atom is -0.331 e. The van der Waals surface area contributed by atoms with Crippen LogP contribution in [0.25, 0.3) is 0 Å². The molecule has 0 unspecified atom stereocenters. The molecule has 1 heterocycles. The summed E-state index contributed by atoms with van der Waals surface area (Å²) in [6.07, 6.45) is 0. The number of halogens is 1. The van der Waals surface area contributed by atoms with Crippen LogP contribution >= 0.6 is 23.8 Å². The number of rotatable bonds is 2. The van der Waals surface area contributed by atoms with Crippen molar-refractivity contribution in [3.05, 3.63) is 63.5 Å². The van der Waals surface area contributed by atoms with E-state index in [9.17, 15) is 9.59 Å². The minimum atomic E-state index is -0.507. The fraction of sp³-hybridized carbons (Fsp3) is 0. The van der Waals surface area contributed by atoms with Crippen LogP contribution in [0, 0.1) is 0 Å². The number of hydrazine groups is 1. The fourth-order valence-electron chi connectivity index (χ4n) is 1.46. The maximum Gasteiger partial charge on any atom is 0.286 e. The molecule has 2 rings (SSSR count). The van der Waals surface area contributed by atoms with Crippen LogP contribution in [-0.2, 0) is 0 Å². The van der Waals surface area contributed by atoms with Crippen molar-refractivity contribution >= 4 is 40.5 Å². The van der Waals surface area contributed by atoms with E-state index in [0.717, 1.165) is 5.69 Å². The van der Waals surface area contributed by atoms with Gasteiger partial charge in [-0.05, 0) is 42.5 Å². The number of anilines is 1. The molecule has 0 saturated heterocycles. The topological polar surface area (TPSA) is 86.0 Å². The molecule has 0 atom stereocenters. The van der Waals surface area contributed by atoms with Crippen LogP contribution in [0.3, 0.4) is 0 Å². The summed E-state index contributed by atoms with van der Waals surface area (Å²) in [5, 5.41) is 3.67. The predicted molar refractivity (Wildman–Crippen MR) is 85.3 cm³/mol. The van der Waals surface area contributed by atoms with E-state index < -0.39 is 5.91 Å².